The molecule has 25 heavy (non-hydrogen) atoms. The Bertz CT molecular complexity index is 533. The van der Waals surface area contributed by atoms with Crippen molar-refractivity contribution in [3.63, 3.8) is 0 Å². The summed E-state index contributed by atoms with van der Waals surface area (Å²) in [6, 6.07) is -0.975. The number of nitrogens with zero attached hydrogens (tertiary/aromatic N) is 2. The SMILES string of the molecule is CC1(C)SC[C@@H](C(=O)N2CCC[C@H]2C(=O)OC2CCCCC2)N1C=O. The summed E-state index contributed by atoms with van der Waals surface area (Å²) in [5, 5.41) is 0. The number of amides is 2. The summed E-state index contributed by atoms with van der Waals surface area (Å²) in [6.45, 7) is 4.45. The lowest BCUT2D eigenvalue weighted by molar-refractivity contribution is -0.160. The summed E-state index contributed by atoms with van der Waals surface area (Å²) in [7, 11) is 0. The molecule has 0 aromatic carbocycles. The van der Waals surface area contributed by atoms with Crippen LogP contribution >= 0.6 is 11.8 Å². The number of likely N-dealkylation sites (tertiary alicyclic amines) is 1. The van der Waals surface area contributed by atoms with Crippen molar-refractivity contribution in [2.75, 3.05) is 12.3 Å². The van der Waals surface area contributed by atoms with Gasteiger partial charge in [0, 0.05) is 12.3 Å². The molecule has 6 nitrogen and oxygen atoms in total. The molecule has 0 aromatic rings. The third-order valence-corrected chi connectivity index (χ3v) is 6.99. The van der Waals surface area contributed by atoms with E-state index in [0.717, 1.165) is 38.5 Å². The van der Waals surface area contributed by atoms with E-state index in [2.05, 4.69) is 0 Å². The zero-order valence-electron chi connectivity index (χ0n) is 15.1. The summed E-state index contributed by atoms with van der Waals surface area (Å²) in [4.78, 5) is 40.0. The lowest BCUT2D eigenvalue weighted by atomic mass is 9.98. The van der Waals surface area contributed by atoms with Gasteiger partial charge >= 0.3 is 5.97 Å². The second-order valence-corrected chi connectivity index (χ2v) is 9.29. The van der Waals surface area contributed by atoms with Crippen LogP contribution in [0.4, 0.5) is 0 Å². The molecule has 7 heteroatoms. The summed E-state index contributed by atoms with van der Waals surface area (Å²) in [5.74, 6) is 0.194. The Morgan fingerprint density at radius 2 is 1.80 bits per heavy atom. The number of esters is 1. The molecule has 2 aliphatic heterocycles. The second kappa shape index (κ2) is 7.56. The highest BCUT2D eigenvalue weighted by Crippen LogP contribution is 2.39. The predicted molar refractivity (Wildman–Crippen MR) is 95.9 cm³/mol. The smallest absolute Gasteiger partial charge is 0.329 e. The summed E-state index contributed by atoms with van der Waals surface area (Å²) in [5.41, 5.74) is 0. The summed E-state index contributed by atoms with van der Waals surface area (Å²) >= 11 is 1.60. The molecule has 0 unspecified atom stereocenters. The van der Waals surface area contributed by atoms with E-state index in [-0.39, 0.29) is 22.9 Å². The van der Waals surface area contributed by atoms with Crippen LogP contribution in [0.2, 0.25) is 0 Å². The third kappa shape index (κ3) is 3.81. The van der Waals surface area contributed by atoms with Crippen molar-refractivity contribution in [1.29, 1.82) is 0 Å². The zero-order chi connectivity index (χ0) is 18.0. The van der Waals surface area contributed by atoms with Crippen LogP contribution in [0.3, 0.4) is 0 Å². The highest BCUT2D eigenvalue weighted by molar-refractivity contribution is 8.00. The first kappa shape index (κ1) is 18.5. The molecule has 2 amide bonds. The monoisotopic (exact) mass is 368 g/mol. The van der Waals surface area contributed by atoms with E-state index in [0.29, 0.717) is 18.7 Å². The van der Waals surface area contributed by atoms with Gasteiger partial charge in [0.15, 0.2) is 0 Å². The van der Waals surface area contributed by atoms with Gasteiger partial charge in [-0.25, -0.2) is 4.79 Å². The maximum atomic E-state index is 13.0. The Kier molecular flexibility index (Phi) is 5.61. The van der Waals surface area contributed by atoms with Crippen molar-refractivity contribution >= 4 is 30.0 Å². The zero-order valence-corrected chi connectivity index (χ0v) is 15.9. The minimum Gasteiger partial charge on any atom is -0.461 e. The topological polar surface area (TPSA) is 66.9 Å². The first-order valence-corrected chi connectivity index (χ1v) is 10.3. The van der Waals surface area contributed by atoms with Gasteiger partial charge in [-0.1, -0.05) is 6.42 Å². The fraction of sp³-hybridized carbons (Fsp3) is 0.833. The van der Waals surface area contributed by atoms with Crippen LogP contribution < -0.4 is 0 Å². The van der Waals surface area contributed by atoms with E-state index in [1.165, 1.54) is 6.42 Å². The first-order chi connectivity index (χ1) is 11.9. The molecule has 1 aliphatic carbocycles. The van der Waals surface area contributed by atoms with Crippen molar-refractivity contribution in [2.24, 2.45) is 0 Å². The Labute approximate surface area is 153 Å². The molecule has 140 valence electrons. The number of carbonyl (C=O) groups excluding carboxylic acids is 3. The maximum Gasteiger partial charge on any atom is 0.329 e. The van der Waals surface area contributed by atoms with Crippen LogP contribution in [-0.2, 0) is 19.1 Å². The van der Waals surface area contributed by atoms with Gasteiger partial charge in [-0.2, -0.15) is 0 Å². The maximum absolute atomic E-state index is 13.0. The van der Waals surface area contributed by atoms with E-state index < -0.39 is 12.1 Å². The van der Waals surface area contributed by atoms with Gasteiger partial charge in [0.25, 0.3) is 0 Å². The van der Waals surface area contributed by atoms with Crippen LogP contribution in [0, 0.1) is 0 Å². The standard InChI is InChI=1S/C18H28N2O4S/c1-18(2)20(12-21)15(11-25-18)16(22)19-10-6-9-14(19)17(23)24-13-7-4-3-5-8-13/h12-15H,3-11H2,1-2H3/t14-,15-/m0/s1. The van der Waals surface area contributed by atoms with Crippen LogP contribution in [0.1, 0.15) is 58.8 Å². The van der Waals surface area contributed by atoms with Gasteiger partial charge < -0.3 is 14.5 Å². The van der Waals surface area contributed by atoms with Crippen LogP contribution in [0.5, 0.6) is 0 Å². The van der Waals surface area contributed by atoms with Crippen LogP contribution in [0.25, 0.3) is 0 Å². The average Bonchev–Trinajstić information content (AvgIpc) is 3.19. The molecule has 2 atom stereocenters. The first-order valence-electron chi connectivity index (χ1n) is 9.32. The molecule has 3 fully saturated rings. The quantitative estimate of drug-likeness (QED) is 0.562. The summed E-state index contributed by atoms with van der Waals surface area (Å²) < 4.78 is 5.69. The fourth-order valence-electron chi connectivity index (χ4n) is 4.10. The van der Waals surface area contributed by atoms with Crippen LogP contribution in [-0.4, -0.2) is 63.4 Å². The van der Waals surface area contributed by atoms with Crippen molar-refractivity contribution in [2.45, 2.75) is 81.9 Å². The molecule has 0 spiro atoms. The number of hydrogen-bond acceptors (Lipinski definition) is 5. The molecule has 3 aliphatic rings. The van der Waals surface area contributed by atoms with Gasteiger partial charge in [0.05, 0.1) is 4.87 Å². The normalized spacial score (nSPS) is 29.7. The third-order valence-electron chi connectivity index (χ3n) is 5.59. The van der Waals surface area contributed by atoms with E-state index in [9.17, 15) is 14.4 Å². The van der Waals surface area contributed by atoms with Crippen LogP contribution in [0.15, 0.2) is 0 Å². The molecule has 2 saturated heterocycles. The lowest BCUT2D eigenvalue weighted by Crippen LogP contribution is -2.53. The van der Waals surface area contributed by atoms with E-state index in [1.54, 1.807) is 21.6 Å². The highest BCUT2D eigenvalue weighted by Gasteiger charge is 2.47. The highest BCUT2D eigenvalue weighted by atomic mass is 32.2. The molecule has 0 N–H and O–H groups in total. The lowest BCUT2D eigenvalue weighted by Gasteiger charge is -2.34. The number of ether oxygens (including phenoxy) is 1. The van der Waals surface area contributed by atoms with Gasteiger partial charge in [-0.3, -0.25) is 9.59 Å². The van der Waals surface area contributed by atoms with Crippen molar-refractivity contribution in [3.8, 4) is 0 Å². The molecule has 2 heterocycles. The number of carbonyl (C=O) groups is 3. The Morgan fingerprint density at radius 1 is 1.08 bits per heavy atom. The predicted octanol–water partition coefficient (Wildman–Crippen LogP) is 2.16. The van der Waals surface area contributed by atoms with Gasteiger partial charge in [-0.05, 0) is 52.4 Å². The fourth-order valence-corrected chi connectivity index (χ4v) is 5.28. The molecule has 0 radical (unpaired) electrons. The largest absolute Gasteiger partial charge is 0.461 e. The van der Waals surface area contributed by atoms with Crippen molar-refractivity contribution < 1.29 is 19.1 Å². The number of thioether (sulfide) groups is 1. The molecule has 3 rings (SSSR count). The minimum atomic E-state index is -0.489. The average molecular weight is 368 g/mol. The Hall–Kier alpha value is -1.24. The van der Waals surface area contributed by atoms with Crippen molar-refractivity contribution in [3.05, 3.63) is 0 Å². The van der Waals surface area contributed by atoms with Crippen molar-refractivity contribution in [1.82, 2.24) is 9.80 Å². The van der Waals surface area contributed by atoms with Gasteiger partial charge in [0.2, 0.25) is 12.3 Å². The molecule has 0 aromatic heterocycles. The minimum absolute atomic E-state index is 0.00578. The Morgan fingerprint density at radius 3 is 2.48 bits per heavy atom. The van der Waals surface area contributed by atoms with Gasteiger partial charge in [0.1, 0.15) is 18.2 Å². The number of rotatable bonds is 4. The van der Waals surface area contributed by atoms with E-state index >= 15 is 0 Å². The second-order valence-electron chi connectivity index (χ2n) is 7.67. The summed E-state index contributed by atoms with van der Waals surface area (Å²) in [6.07, 6.45) is 7.50. The molecule has 1 saturated carbocycles. The van der Waals surface area contributed by atoms with Gasteiger partial charge in [-0.15, -0.1) is 11.8 Å². The Balaban J connectivity index is 1.65. The number of hydrogen-bond donors (Lipinski definition) is 0. The van der Waals surface area contributed by atoms with E-state index in [4.69, 9.17) is 4.74 Å². The van der Waals surface area contributed by atoms with E-state index in [1.807, 2.05) is 13.8 Å². The molecule has 0 bridgehead atoms. The molecular weight excluding hydrogens is 340 g/mol. The molecular formula is C18H28N2O4S.